The minimum Gasteiger partial charge on any atom is -0.490 e. The van der Waals surface area contributed by atoms with E-state index in [1.807, 2.05) is 43.3 Å². The van der Waals surface area contributed by atoms with Crippen molar-refractivity contribution in [3.05, 3.63) is 64.7 Å². The molecule has 2 N–H and O–H groups in total. The standard InChI is InChI=1S/C16H18ClNO/c1-12-7-8-15(17)16(9-12)19-11-14(18)10-13-5-3-2-4-6-13/h2-9,14H,10-11,18H2,1H3. The van der Waals surface area contributed by atoms with Crippen molar-refractivity contribution in [3.63, 3.8) is 0 Å². The number of halogens is 1. The second-order valence-corrected chi connectivity index (χ2v) is 5.10. The van der Waals surface area contributed by atoms with Crippen molar-refractivity contribution >= 4 is 11.6 Å². The van der Waals surface area contributed by atoms with Crippen molar-refractivity contribution < 1.29 is 4.74 Å². The van der Waals surface area contributed by atoms with Crippen molar-refractivity contribution in [2.24, 2.45) is 5.73 Å². The molecule has 0 aliphatic heterocycles. The van der Waals surface area contributed by atoms with E-state index in [4.69, 9.17) is 22.1 Å². The largest absolute Gasteiger partial charge is 0.490 e. The van der Waals surface area contributed by atoms with Gasteiger partial charge >= 0.3 is 0 Å². The summed E-state index contributed by atoms with van der Waals surface area (Å²) in [5, 5.41) is 0.623. The molecular formula is C16H18ClNO. The van der Waals surface area contributed by atoms with Crippen molar-refractivity contribution in [1.82, 2.24) is 0 Å². The maximum absolute atomic E-state index is 6.07. The molecule has 0 saturated heterocycles. The second-order valence-electron chi connectivity index (χ2n) is 4.69. The average Bonchev–Trinajstić information content (AvgIpc) is 2.41. The summed E-state index contributed by atoms with van der Waals surface area (Å²) in [5.41, 5.74) is 8.41. The summed E-state index contributed by atoms with van der Waals surface area (Å²) in [6.45, 7) is 2.46. The molecule has 0 fully saturated rings. The number of nitrogens with two attached hydrogens (primary N) is 1. The van der Waals surface area contributed by atoms with E-state index in [1.54, 1.807) is 0 Å². The number of benzene rings is 2. The summed E-state index contributed by atoms with van der Waals surface area (Å²) in [7, 11) is 0. The molecule has 0 spiro atoms. The molecule has 0 aromatic heterocycles. The van der Waals surface area contributed by atoms with E-state index >= 15 is 0 Å². The minimum atomic E-state index is -0.0426. The quantitative estimate of drug-likeness (QED) is 0.905. The van der Waals surface area contributed by atoms with E-state index in [0.717, 1.165) is 12.0 Å². The SMILES string of the molecule is Cc1ccc(Cl)c(OCC(N)Cc2ccccc2)c1. The van der Waals surface area contributed by atoms with Crippen LogP contribution in [-0.2, 0) is 6.42 Å². The van der Waals surface area contributed by atoms with Crippen LogP contribution in [0.2, 0.25) is 5.02 Å². The third kappa shape index (κ3) is 4.27. The van der Waals surface area contributed by atoms with Crippen molar-refractivity contribution in [2.45, 2.75) is 19.4 Å². The van der Waals surface area contributed by atoms with Crippen molar-refractivity contribution in [2.75, 3.05) is 6.61 Å². The van der Waals surface area contributed by atoms with Gasteiger partial charge in [0.05, 0.1) is 5.02 Å². The highest BCUT2D eigenvalue weighted by Gasteiger charge is 2.07. The molecule has 0 aliphatic rings. The Morgan fingerprint density at radius 1 is 1.16 bits per heavy atom. The van der Waals surface area contributed by atoms with E-state index in [0.29, 0.717) is 17.4 Å². The molecule has 0 bridgehead atoms. The van der Waals surface area contributed by atoms with Gasteiger partial charge in [0.1, 0.15) is 12.4 Å². The molecule has 2 aromatic rings. The summed E-state index contributed by atoms with van der Waals surface area (Å²) < 4.78 is 5.69. The molecule has 0 amide bonds. The molecule has 3 heteroatoms. The van der Waals surface area contributed by atoms with Crippen LogP contribution in [0.25, 0.3) is 0 Å². The van der Waals surface area contributed by atoms with Crippen LogP contribution in [0, 0.1) is 6.92 Å². The topological polar surface area (TPSA) is 35.2 Å². The van der Waals surface area contributed by atoms with Crippen LogP contribution in [0.4, 0.5) is 0 Å². The molecule has 0 heterocycles. The van der Waals surface area contributed by atoms with E-state index in [1.165, 1.54) is 5.56 Å². The lowest BCUT2D eigenvalue weighted by molar-refractivity contribution is 0.287. The number of rotatable bonds is 5. The Morgan fingerprint density at radius 2 is 1.89 bits per heavy atom. The van der Waals surface area contributed by atoms with Crippen LogP contribution in [0.1, 0.15) is 11.1 Å². The molecule has 100 valence electrons. The van der Waals surface area contributed by atoms with Crippen LogP contribution < -0.4 is 10.5 Å². The monoisotopic (exact) mass is 275 g/mol. The molecule has 2 nitrogen and oxygen atoms in total. The summed E-state index contributed by atoms with van der Waals surface area (Å²) in [5.74, 6) is 0.699. The first kappa shape index (κ1) is 13.9. The Kier molecular flexibility index (Phi) is 4.83. The molecular weight excluding hydrogens is 258 g/mol. The Morgan fingerprint density at radius 3 is 2.63 bits per heavy atom. The smallest absolute Gasteiger partial charge is 0.138 e. The lowest BCUT2D eigenvalue weighted by atomic mass is 10.1. The predicted molar refractivity (Wildman–Crippen MR) is 79.8 cm³/mol. The molecule has 1 atom stereocenters. The molecule has 0 saturated carbocycles. The van der Waals surface area contributed by atoms with Gasteiger partial charge in [-0.2, -0.15) is 0 Å². The lowest BCUT2D eigenvalue weighted by Crippen LogP contribution is -2.30. The zero-order valence-corrected chi connectivity index (χ0v) is 11.7. The van der Waals surface area contributed by atoms with E-state index < -0.39 is 0 Å². The third-order valence-electron chi connectivity index (χ3n) is 2.88. The maximum Gasteiger partial charge on any atom is 0.138 e. The number of hydrogen-bond acceptors (Lipinski definition) is 2. The minimum absolute atomic E-state index is 0.0426. The van der Waals surface area contributed by atoms with Gasteiger partial charge in [0.2, 0.25) is 0 Å². The highest BCUT2D eigenvalue weighted by Crippen LogP contribution is 2.25. The van der Waals surface area contributed by atoms with Gasteiger partial charge in [0.25, 0.3) is 0 Å². The van der Waals surface area contributed by atoms with Gasteiger partial charge in [0.15, 0.2) is 0 Å². The normalized spacial score (nSPS) is 12.2. The first-order valence-electron chi connectivity index (χ1n) is 6.33. The Hall–Kier alpha value is -1.51. The molecule has 2 aromatic carbocycles. The van der Waals surface area contributed by atoms with Gasteiger partial charge in [-0.25, -0.2) is 0 Å². The van der Waals surface area contributed by atoms with Gasteiger partial charge in [-0.3, -0.25) is 0 Å². The summed E-state index contributed by atoms with van der Waals surface area (Å²) >= 11 is 6.07. The van der Waals surface area contributed by atoms with Gasteiger partial charge < -0.3 is 10.5 Å². The molecule has 2 rings (SSSR count). The summed E-state index contributed by atoms with van der Waals surface area (Å²) in [6, 6.07) is 15.8. The highest BCUT2D eigenvalue weighted by molar-refractivity contribution is 6.32. The van der Waals surface area contributed by atoms with E-state index in [-0.39, 0.29) is 6.04 Å². The van der Waals surface area contributed by atoms with E-state index in [2.05, 4.69) is 12.1 Å². The fraction of sp³-hybridized carbons (Fsp3) is 0.250. The summed E-state index contributed by atoms with van der Waals surface area (Å²) in [6.07, 6.45) is 0.796. The maximum atomic E-state index is 6.07. The van der Waals surface area contributed by atoms with E-state index in [9.17, 15) is 0 Å². The average molecular weight is 276 g/mol. The Labute approximate surface area is 119 Å². The fourth-order valence-corrected chi connectivity index (χ4v) is 2.07. The summed E-state index contributed by atoms with van der Waals surface area (Å²) in [4.78, 5) is 0. The molecule has 1 unspecified atom stereocenters. The molecule has 19 heavy (non-hydrogen) atoms. The molecule has 0 aliphatic carbocycles. The van der Waals surface area contributed by atoms with Gasteiger partial charge in [-0.05, 0) is 36.6 Å². The number of hydrogen-bond donors (Lipinski definition) is 1. The van der Waals surface area contributed by atoms with Crippen molar-refractivity contribution in [3.8, 4) is 5.75 Å². The van der Waals surface area contributed by atoms with Crippen LogP contribution in [0.15, 0.2) is 48.5 Å². The van der Waals surface area contributed by atoms with Crippen LogP contribution in [0.3, 0.4) is 0 Å². The third-order valence-corrected chi connectivity index (χ3v) is 3.19. The predicted octanol–water partition coefficient (Wildman–Crippen LogP) is 3.60. The van der Waals surface area contributed by atoms with Gasteiger partial charge in [-0.15, -0.1) is 0 Å². The van der Waals surface area contributed by atoms with Crippen LogP contribution in [0.5, 0.6) is 5.75 Å². The Bertz CT molecular complexity index is 528. The second kappa shape index (κ2) is 6.60. The highest BCUT2D eigenvalue weighted by atomic mass is 35.5. The Balaban J connectivity index is 1.90. The number of aryl methyl sites for hydroxylation is 1. The lowest BCUT2D eigenvalue weighted by Gasteiger charge is -2.14. The van der Waals surface area contributed by atoms with Gasteiger partial charge in [0, 0.05) is 6.04 Å². The zero-order valence-electron chi connectivity index (χ0n) is 11.0. The van der Waals surface area contributed by atoms with Crippen LogP contribution in [-0.4, -0.2) is 12.6 Å². The van der Waals surface area contributed by atoms with Gasteiger partial charge in [-0.1, -0.05) is 48.0 Å². The van der Waals surface area contributed by atoms with Crippen LogP contribution >= 0.6 is 11.6 Å². The van der Waals surface area contributed by atoms with Crippen molar-refractivity contribution in [1.29, 1.82) is 0 Å². The number of ether oxygens (including phenoxy) is 1. The first-order chi connectivity index (χ1) is 9.15. The fourth-order valence-electron chi connectivity index (χ4n) is 1.89. The molecule has 0 radical (unpaired) electrons. The first-order valence-corrected chi connectivity index (χ1v) is 6.71. The zero-order chi connectivity index (χ0) is 13.7.